The predicted molar refractivity (Wildman–Crippen MR) is 66.8 cm³/mol. The molecule has 0 aromatic carbocycles. The summed E-state index contributed by atoms with van der Waals surface area (Å²) in [4.78, 5) is 18.2. The van der Waals surface area contributed by atoms with E-state index in [1.807, 2.05) is 6.92 Å². The van der Waals surface area contributed by atoms with E-state index < -0.39 is 11.8 Å². The summed E-state index contributed by atoms with van der Waals surface area (Å²) in [5.74, 6) is -0.0883. The second-order valence-electron chi connectivity index (χ2n) is 3.53. The Morgan fingerprint density at radius 2 is 2.17 bits per heavy atom. The molecule has 0 saturated heterocycles. The van der Waals surface area contributed by atoms with Gasteiger partial charge in [0.05, 0.1) is 6.20 Å². The number of nitrogens with zero attached hydrogens (tertiary/aromatic N) is 2. The van der Waals surface area contributed by atoms with Crippen molar-refractivity contribution < 1.29 is 9.18 Å². The predicted octanol–water partition coefficient (Wildman–Crippen LogP) is 0.518. The van der Waals surface area contributed by atoms with Crippen molar-refractivity contribution in [2.24, 2.45) is 5.73 Å². The lowest BCUT2D eigenvalue weighted by atomic mass is 10.5. The van der Waals surface area contributed by atoms with Crippen LogP contribution in [0.25, 0.3) is 0 Å². The minimum absolute atomic E-state index is 0.0925. The molecule has 0 aliphatic heterocycles. The Labute approximate surface area is 104 Å². The van der Waals surface area contributed by atoms with Crippen molar-refractivity contribution in [1.82, 2.24) is 15.3 Å². The van der Waals surface area contributed by atoms with E-state index in [1.165, 1.54) is 0 Å². The fourth-order valence-corrected chi connectivity index (χ4v) is 1.18. The molecular weight excluding hydrogens is 239 g/mol. The number of urea groups is 1. The summed E-state index contributed by atoms with van der Waals surface area (Å²) in [6, 6.07) is -0.620. The van der Waals surface area contributed by atoms with Crippen molar-refractivity contribution >= 4 is 17.8 Å². The maximum atomic E-state index is 13.4. The van der Waals surface area contributed by atoms with Crippen LogP contribution in [0.2, 0.25) is 0 Å². The Balaban J connectivity index is 2.49. The van der Waals surface area contributed by atoms with Gasteiger partial charge in [-0.1, -0.05) is 6.92 Å². The molecule has 0 atom stereocenters. The first-order valence-electron chi connectivity index (χ1n) is 5.67. The van der Waals surface area contributed by atoms with E-state index in [0.29, 0.717) is 19.0 Å². The summed E-state index contributed by atoms with van der Waals surface area (Å²) in [6.07, 6.45) is 2.01. The van der Waals surface area contributed by atoms with E-state index in [1.54, 1.807) is 0 Å². The first-order chi connectivity index (χ1) is 8.63. The zero-order chi connectivity index (χ0) is 13.4. The van der Waals surface area contributed by atoms with Crippen LogP contribution in [-0.2, 0) is 0 Å². The molecular formula is C10H17FN6O. The number of primary amides is 1. The standard InChI is InChI=1S/C10H17FN6O/c1-2-3-15-10-16-6-7(11)8(17-10)13-4-5-14-9(12)18/h6H,2-5H2,1H3,(H3,12,14,18)(H2,13,15,16,17). The first kappa shape index (κ1) is 13.9. The molecule has 0 bridgehead atoms. The summed E-state index contributed by atoms with van der Waals surface area (Å²) in [5, 5.41) is 8.08. The molecule has 2 amide bonds. The van der Waals surface area contributed by atoms with Gasteiger partial charge in [-0.2, -0.15) is 4.98 Å². The number of carbonyl (C=O) groups excluding carboxylic acids is 1. The normalized spacial score (nSPS) is 9.89. The molecule has 0 aliphatic rings. The van der Waals surface area contributed by atoms with E-state index >= 15 is 0 Å². The third kappa shape index (κ3) is 4.81. The highest BCUT2D eigenvalue weighted by Crippen LogP contribution is 2.11. The van der Waals surface area contributed by atoms with Gasteiger partial charge in [0.1, 0.15) is 0 Å². The average molecular weight is 256 g/mol. The third-order valence-corrected chi connectivity index (χ3v) is 1.99. The molecule has 0 unspecified atom stereocenters. The van der Waals surface area contributed by atoms with Crippen LogP contribution >= 0.6 is 0 Å². The summed E-state index contributed by atoms with van der Waals surface area (Å²) in [5.41, 5.74) is 4.89. The Hall–Kier alpha value is -2.12. The molecule has 0 radical (unpaired) electrons. The molecule has 1 aromatic heterocycles. The lowest BCUT2D eigenvalue weighted by Crippen LogP contribution is -2.33. The molecule has 1 aromatic rings. The van der Waals surface area contributed by atoms with Gasteiger partial charge in [-0.05, 0) is 6.42 Å². The van der Waals surface area contributed by atoms with Gasteiger partial charge in [0.25, 0.3) is 0 Å². The fourth-order valence-electron chi connectivity index (χ4n) is 1.18. The summed E-state index contributed by atoms with van der Waals surface area (Å²) >= 11 is 0. The van der Waals surface area contributed by atoms with Gasteiger partial charge < -0.3 is 21.7 Å². The van der Waals surface area contributed by atoms with E-state index in [2.05, 4.69) is 25.9 Å². The van der Waals surface area contributed by atoms with Crippen molar-refractivity contribution in [2.45, 2.75) is 13.3 Å². The number of aromatic nitrogens is 2. The number of amides is 2. The highest BCUT2D eigenvalue weighted by Gasteiger charge is 2.05. The molecule has 1 heterocycles. The van der Waals surface area contributed by atoms with Gasteiger partial charge >= 0.3 is 6.03 Å². The quantitative estimate of drug-likeness (QED) is 0.532. The summed E-state index contributed by atoms with van der Waals surface area (Å²) in [6.45, 7) is 3.33. The zero-order valence-corrected chi connectivity index (χ0v) is 10.2. The molecule has 100 valence electrons. The van der Waals surface area contributed by atoms with E-state index in [-0.39, 0.29) is 12.4 Å². The molecule has 1 rings (SSSR count). The minimum Gasteiger partial charge on any atom is -0.366 e. The molecule has 8 heteroatoms. The molecule has 7 nitrogen and oxygen atoms in total. The maximum Gasteiger partial charge on any atom is 0.312 e. The Bertz CT molecular complexity index is 400. The van der Waals surface area contributed by atoms with Crippen molar-refractivity contribution in [2.75, 3.05) is 30.3 Å². The van der Waals surface area contributed by atoms with E-state index in [0.717, 1.165) is 12.6 Å². The molecule has 0 spiro atoms. The highest BCUT2D eigenvalue weighted by atomic mass is 19.1. The van der Waals surface area contributed by atoms with Crippen LogP contribution in [0.1, 0.15) is 13.3 Å². The average Bonchev–Trinajstić information content (AvgIpc) is 2.34. The lowest BCUT2D eigenvalue weighted by Gasteiger charge is -2.08. The van der Waals surface area contributed by atoms with Crippen LogP contribution in [0, 0.1) is 5.82 Å². The Morgan fingerprint density at radius 3 is 2.83 bits per heavy atom. The van der Waals surface area contributed by atoms with E-state index in [9.17, 15) is 9.18 Å². The second kappa shape index (κ2) is 7.25. The van der Waals surface area contributed by atoms with Crippen LogP contribution in [-0.4, -0.2) is 35.6 Å². The van der Waals surface area contributed by atoms with Gasteiger partial charge in [-0.25, -0.2) is 14.2 Å². The van der Waals surface area contributed by atoms with Crippen LogP contribution in [0.3, 0.4) is 0 Å². The monoisotopic (exact) mass is 256 g/mol. The molecule has 0 saturated carbocycles. The van der Waals surface area contributed by atoms with Crippen LogP contribution in [0.15, 0.2) is 6.20 Å². The smallest absolute Gasteiger partial charge is 0.312 e. The SMILES string of the molecule is CCCNc1ncc(F)c(NCCNC(N)=O)n1. The number of hydrogen-bond donors (Lipinski definition) is 4. The molecule has 18 heavy (non-hydrogen) atoms. The van der Waals surface area contributed by atoms with Gasteiger partial charge in [0.2, 0.25) is 5.95 Å². The van der Waals surface area contributed by atoms with Gasteiger partial charge in [-0.3, -0.25) is 0 Å². The van der Waals surface area contributed by atoms with Crippen molar-refractivity contribution in [3.8, 4) is 0 Å². The van der Waals surface area contributed by atoms with Gasteiger partial charge in [0, 0.05) is 19.6 Å². The lowest BCUT2D eigenvalue weighted by molar-refractivity contribution is 0.249. The number of nitrogens with one attached hydrogen (secondary N) is 3. The van der Waals surface area contributed by atoms with Crippen molar-refractivity contribution in [1.29, 1.82) is 0 Å². The van der Waals surface area contributed by atoms with Crippen molar-refractivity contribution in [3.05, 3.63) is 12.0 Å². The largest absolute Gasteiger partial charge is 0.366 e. The third-order valence-electron chi connectivity index (χ3n) is 1.99. The summed E-state index contributed by atoms with van der Waals surface area (Å²) < 4.78 is 13.4. The van der Waals surface area contributed by atoms with Gasteiger partial charge in [-0.15, -0.1) is 0 Å². The highest BCUT2D eigenvalue weighted by molar-refractivity contribution is 5.71. The number of rotatable bonds is 7. The first-order valence-corrected chi connectivity index (χ1v) is 5.67. The Morgan fingerprint density at radius 1 is 1.39 bits per heavy atom. The second-order valence-corrected chi connectivity index (χ2v) is 3.53. The van der Waals surface area contributed by atoms with Crippen LogP contribution in [0.5, 0.6) is 0 Å². The van der Waals surface area contributed by atoms with Crippen LogP contribution in [0.4, 0.5) is 21.0 Å². The summed E-state index contributed by atoms with van der Waals surface area (Å²) in [7, 11) is 0. The molecule has 5 N–H and O–H groups in total. The van der Waals surface area contributed by atoms with Crippen molar-refractivity contribution in [3.63, 3.8) is 0 Å². The van der Waals surface area contributed by atoms with Gasteiger partial charge in [0.15, 0.2) is 11.6 Å². The molecule has 0 fully saturated rings. The maximum absolute atomic E-state index is 13.4. The number of nitrogens with two attached hydrogens (primary N) is 1. The number of halogens is 1. The topological polar surface area (TPSA) is 105 Å². The minimum atomic E-state index is -0.620. The van der Waals surface area contributed by atoms with E-state index in [4.69, 9.17) is 5.73 Å². The number of anilines is 2. The number of hydrogen-bond acceptors (Lipinski definition) is 5. The fraction of sp³-hybridized carbons (Fsp3) is 0.500. The molecule has 0 aliphatic carbocycles. The Kier molecular flexibility index (Phi) is 5.62. The van der Waals surface area contributed by atoms with Crippen LogP contribution < -0.4 is 21.7 Å². The number of carbonyl (C=O) groups is 1. The zero-order valence-electron chi connectivity index (χ0n) is 10.2.